The van der Waals surface area contributed by atoms with E-state index in [4.69, 9.17) is 0 Å². The van der Waals surface area contributed by atoms with Gasteiger partial charge in [-0.05, 0) is 61.7 Å². The van der Waals surface area contributed by atoms with E-state index in [1.807, 2.05) is 25.1 Å². The molecule has 110 valence electrons. The maximum atomic E-state index is 12.3. The van der Waals surface area contributed by atoms with Gasteiger partial charge in [-0.1, -0.05) is 12.1 Å². The molecule has 1 aliphatic carbocycles. The van der Waals surface area contributed by atoms with Gasteiger partial charge in [0.15, 0.2) is 0 Å². The molecule has 0 saturated heterocycles. The molecule has 4 nitrogen and oxygen atoms in total. The molecule has 0 spiro atoms. The summed E-state index contributed by atoms with van der Waals surface area (Å²) in [4.78, 5) is 0.280. The van der Waals surface area contributed by atoms with Gasteiger partial charge in [-0.25, -0.2) is 8.42 Å². The minimum absolute atomic E-state index is 0.280. The van der Waals surface area contributed by atoms with E-state index < -0.39 is 10.0 Å². The molecule has 21 heavy (non-hydrogen) atoms. The molecule has 0 atom stereocenters. The van der Waals surface area contributed by atoms with Gasteiger partial charge in [-0.15, -0.1) is 0 Å². The summed E-state index contributed by atoms with van der Waals surface area (Å²) < 4.78 is 27.2. The van der Waals surface area contributed by atoms with Crippen LogP contribution in [0.5, 0.6) is 0 Å². The van der Waals surface area contributed by atoms with E-state index >= 15 is 0 Å². The van der Waals surface area contributed by atoms with Gasteiger partial charge in [0.25, 0.3) is 10.0 Å². The second-order valence-corrected chi connectivity index (χ2v) is 7.10. The van der Waals surface area contributed by atoms with E-state index in [1.54, 1.807) is 30.3 Å². The Morgan fingerprint density at radius 1 is 1.00 bits per heavy atom. The van der Waals surface area contributed by atoms with Gasteiger partial charge in [0, 0.05) is 17.4 Å². The van der Waals surface area contributed by atoms with Gasteiger partial charge in [-0.3, -0.25) is 4.72 Å². The summed E-state index contributed by atoms with van der Waals surface area (Å²) in [7, 11) is -3.53. The minimum Gasteiger partial charge on any atom is -0.382 e. The molecule has 0 radical (unpaired) electrons. The molecule has 0 aliphatic heterocycles. The monoisotopic (exact) mass is 302 g/mol. The van der Waals surface area contributed by atoms with Crippen LogP contribution in [0, 0.1) is 6.92 Å². The summed E-state index contributed by atoms with van der Waals surface area (Å²) >= 11 is 0. The number of nitrogens with one attached hydrogen (secondary N) is 2. The van der Waals surface area contributed by atoms with Crippen molar-refractivity contribution in [2.75, 3.05) is 10.0 Å². The van der Waals surface area contributed by atoms with Crippen LogP contribution in [0.2, 0.25) is 0 Å². The predicted octanol–water partition coefficient (Wildman–Crippen LogP) is 3.37. The second-order valence-electron chi connectivity index (χ2n) is 5.42. The van der Waals surface area contributed by atoms with Gasteiger partial charge in [0.05, 0.1) is 4.90 Å². The van der Waals surface area contributed by atoms with E-state index in [-0.39, 0.29) is 4.90 Å². The highest BCUT2D eigenvalue weighted by Gasteiger charge is 2.20. The van der Waals surface area contributed by atoms with Crippen molar-refractivity contribution in [2.45, 2.75) is 30.7 Å². The smallest absolute Gasteiger partial charge is 0.261 e. The van der Waals surface area contributed by atoms with Gasteiger partial charge < -0.3 is 5.32 Å². The average Bonchev–Trinajstić information content (AvgIpc) is 3.25. The molecule has 0 heterocycles. The van der Waals surface area contributed by atoms with Crippen molar-refractivity contribution in [1.82, 2.24) is 0 Å². The van der Waals surface area contributed by atoms with Gasteiger partial charge >= 0.3 is 0 Å². The highest BCUT2D eigenvalue weighted by molar-refractivity contribution is 7.92. The van der Waals surface area contributed by atoms with E-state index in [0.717, 1.165) is 11.3 Å². The van der Waals surface area contributed by atoms with E-state index in [2.05, 4.69) is 10.0 Å². The summed E-state index contributed by atoms with van der Waals surface area (Å²) in [6.07, 6.45) is 2.42. The zero-order valence-corrected chi connectivity index (χ0v) is 12.7. The summed E-state index contributed by atoms with van der Waals surface area (Å²) in [5, 5.41) is 3.37. The Bertz CT molecular complexity index is 735. The first kappa shape index (κ1) is 13.9. The number of hydrogen-bond donors (Lipinski definition) is 2. The third-order valence-electron chi connectivity index (χ3n) is 3.39. The van der Waals surface area contributed by atoms with Gasteiger partial charge in [-0.2, -0.15) is 0 Å². The maximum Gasteiger partial charge on any atom is 0.261 e. The Morgan fingerprint density at radius 3 is 2.29 bits per heavy atom. The van der Waals surface area contributed by atoms with Crippen LogP contribution in [-0.4, -0.2) is 14.5 Å². The van der Waals surface area contributed by atoms with E-state index in [1.165, 1.54) is 12.8 Å². The first-order chi connectivity index (χ1) is 10.0. The van der Waals surface area contributed by atoms with Crippen LogP contribution in [-0.2, 0) is 10.0 Å². The van der Waals surface area contributed by atoms with Crippen molar-refractivity contribution in [3.8, 4) is 0 Å². The van der Waals surface area contributed by atoms with Crippen molar-refractivity contribution in [3.05, 3.63) is 54.1 Å². The first-order valence-electron chi connectivity index (χ1n) is 6.99. The highest BCUT2D eigenvalue weighted by atomic mass is 32.2. The van der Waals surface area contributed by atoms with Crippen molar-refractivity contribution < 1.29 is 8.42 Å². The van der Waals surface area contributed by atoms with Crippen molar-refractivity contribution in [1.29, 1.82) is 0 Å². The van der Waals surface area contributed by atoms with Gasteiger partial charge in [0.2, 0.25) is 0 Å². The highest BCUT2D eigenvalue weighted by Crippen LogP contribution is 2.26. The van der Waals surface area contributed by atoms with Crippen LogP contribution < -0.4 is 10.0 Å². The fourth-order valence-corrected chi connectivity index (χ4v) is 3.26. The van der Waals surface area contributed by atoms with Crippen molar-refractivity contribution in [3.63, 3.8) is 0 Å². The Balaban J connectivity index is 1.75. The molecule has 5 heteroatoms. The maximum absolute atomic E-state index is 12.3. The number of benzene rings is 2. The molecule has 2 N–H and O–H groups in total. The molecule has 3 rings (SSSR count). The lowest BCUT2D eigenvalue weighted by molar-refractivity contribution is 0.601. The van der Waals surface area contributed by atoms with Crippen molar-refractivity contribution >= 4 is 21.4 Å². The molecule has 0 amide bonds. The number of sulfonamides is 1. The van der Waals surface area contributed by atoms with Crippen LogP contribution in [0.25, 0.3) is 0 Å². The van der Waals surface area contributed by atoms with E-state index in [9.17, 15) is 8.42 Å². The fraction of sp³-hybridized carbons (Fsp3) is 0.250. The Morgan fingerprint density at radius 2 is 1.67 bits per heavy atom. The number of rotatable bonds is 5. The minimum atomic E-state index is -3.53. The molecule has 2 aromatic carbocycles. The topological polar surface area (TPSA) is 58.2 Å². The van der Waals surface area contributed by atoms with Crippen LogP contribution in [0.3, 0.4) is 0 Å². The average molecular weight is 302 g/mol. The zero-order chi connectivity index (χ0) is 14.9. The normalized spacial score (nSPS) is 14.7. The molecular weight excluding hydrogens is 284 g/mol. The lowest BCUT2D eigenvalue weighted by Gasteiger charge is -2.10. The fourth-order valence-electron chi connectivity index (χ4n) is 2.09. The zero-order valence-electron chi connectivity index (χ0n) is 11.8. The summed E-state index contributed by atoms with van der Waals surface area (Å²) in [5.41, 5.74) is 2.51. The van der Waals surface area contributed by atoms with Crippen molar-refractivity contribution in [2.24, 2.45) is 0 Å². The predicted molar refractivity (Wildman–Crippen MR) is 85.1 cm³/mol. The first-order valence-corrected chi connectivity index (χ1v) is 8.47. The lowest BCUT2D eigenvalue weighted by atomic mass is 10.2. The van der Waals surface area contributed by atoms with Gasteiger partial charge in [0.1, 0.15) is 0 Å². The molecule has 0 bridgehead atoms. The molecule has 2 aromatic rings. The van der Waals surface area contributed by atoms with Crippen LogP contribution >= 0.6 is 0 Å². The Hall–Kier alpha value is -2.01. The molecule has 0 unspecified atom stereocenters. The Kier molecular flexibility index (Phi) is 3.59. The quantitative estimate of drug-likeness (QED) is 0.890. The second kappa shape index (κ2) is 5.41. The largest absolute Gasteiger partial charge is 0.382 e. The number of hydrogen-bond acceptors (Lipinski definition) is 3. The number of anilines is 2. The summed E-state index contributed by atoms with van der Waals surface area (Å²) in [6, 6.07) is 14.8. The SMILES string of the molecule is Cc1cccc(S(=O)(=O)Nc2ccc(NC3CC3)cc2)c1. The third kappa shape index (κ3) is 3.55. The molecule has 1 saturated carbocycles. The molecular formula is C16H18N2O2S. The standard InChI is InChI=1S/C16H18N2O2S/c1-12-3-2-4-16(11-12)21(19,20)18-15-9-7-14(8-10-15)17-13-5-6-13/h2-4,7-11,13,17-18H,5-6H2,1H3. The summed E-state index contributed by atoms with van der Waals surface area (Å²) in [6.45, 7) is 1.87. The third-order valence-corrected chi connectivity index (χ3v) is 4.76. The van der Waals surface area contributed by atoms with E-state index in [0.29, 0.717) is 11.7 Å². The summed E-state index contributed by atoms with van der Waals surface area (Å²) in [5.74, 6) is 0. The molecule has 1 fully saturated rings. The van der Waals surface area contributed by atoms with Crippen LogP contribution in [0.1, 0.15) is 18.4 Å². The lowest BCUT2D eigenvalue weighted by Crippen LogP contribution is -2.13. The Labute approximate surface area is 125 Å². The van der Waals surface area contributed by atoms with Crippen LogP contribution in [0.15, 0.2) is 53.4 Å². The molecule has 1 aliphatic rings. The van der Waals surface area contributed by atoms with Crippen LogP contribution in [0.4, 0.5) is 11.4 Å². The number of aryl methyl sites for hydroxylation is 1. The molecule has 0 aromatic heterocycles.